The number of benzene rings is 1. The molecule has 0 radical (unpaired) electrons. The van der Waals surface area contributed by atoms with E-state index in [9.17, 15) is 14.0 Å². The summed E-state index contributed by atoms with van der Waals surface area (Å²) in [5.74, 6) is -0.0535. The van der Waals surface area contributed by atoms with Gasteiger partial charge in [-0.3, -0.25) is 13.9 Å². The van der Waals surface area contributed by atoms with Gasteiger partial charge in [-0.15, -0.1) is 0 Å². The molecule has 0 spiro atoms. The van der Waals surface area contributed by atoms with Crippen LogP contribution in [0.4, 0.5) is 10.1 Å². The standard InChI is InChI=1S/C14H16FN3O3/c1-17-10(7-13(19)18(2)14(17)20)8-16-11-5-4-9(15)6-12(11)21-3/h4-7,16H,8H2,1-3H3. The molecular weight excluding hydrogens is 277 g/mol. The fourth-order valence-electron chi connectivity index (χ4n) is 1.94. The van der Waals surface area contributed by atoms with E-state index in [1.807, 2.05) is 0 Å². The molecule has 1 aromatic carbocycles. The zero-order valence-electron chi connectivity index (χ0n) is 12.0. The number of halogens is 1. The Hall–Kier alpha value is -2.57. The maximum absolute atomic E-state index is 13.1. The van der Waals surface area contributed by atoms with Crippen molar-refractivity contribution in [3.05, 3.63) is 56.6 Å². The Bertz CT molecular complexity index is 780. The van der Waals surface area contributed by atoms with Gasteiger partial charge >= 0.3 is 5.69 Å². The Morgan fingerprint density at radius 3 is 2.57 bits per heavy atom. The Balaban J connectivity index is 2.29. The molecule has 2 rings (SSSR count). The van der Waals surface area contributed by atoms with Crippen LogP contribution in [0.5, 0.6) is 5.75 Å². The van der Waals surface area contributed by atoms with Crippen LogP contribution in [0.2, 0.25) is 0 Å². The Labute approximate surface area is 120 Å². The summed E-state index contributed by atoms with van der Waals surface area (Å²) in [5.41, 5.74) is 0.327. The number of aromatic nitrogens is 2. The third-order valence-corrected chi connectivity index (χ3v) is 3.25. The summed E-state index contributed by atoms with van der Waals surface area (Å²) >= 11 is 0. The summed E-state index contributed by atoms with van der Waals surface area (Å²) in [7, 11) is 4.44. The van der Waals surface area contributed by atoms with Crippen molar-refractivity contribution in [2.24, 2.45) is 14.1 Å². The van der Waals surface area contributed by atoms with Gasteiger partial charge in [0.15, 0.2) is 0 Å². The molecule has 0 aliphatic rings. The Morgan fingerprint density at radius 2 is 1.90 bits per heavy atom. The molecule has 1 heterocycles. The largest absolute Gasteiger partial charge is 0.494 e. The third kappa shape index (κ3) is 2.96. The minimum Gasteiger partial charge on any atom is -0.494 e. The molecule has 0 saturated carbocycles. The zero-order chi connectivity index (χ0) is 15.6. The zero-order valence-corrected chi connectivity index (χ0v) is 12.0. The number of nitrogens with one attached hydrogen (secondary N) is 1. The summed E-state index contributed by atoms with van der Waals surface area (Å²) in [6.45, 7) is 0.240. The van der Waals surface area contributed by atoms with Crippen LogP contribution in [0, 0.1) is 5.82 Å². The van der Waals surface area contributed by atoms with Crippen molar-refractivity contribution in [3.8, 4) is 5.75 Å². The van der Waals surface area contributed by atoms with Gasteiger partial charge in [-0.2, -0.15) is 0 Å². The second-order valence-corrected chi connectivity index (χ2v) is 4.57. The summed E-state index contributed by atoms with van der Waals surface area (Å²) in [6.07, 6.45) is 0. The highest BCUT2D eigenvalue weighted by Gasteiger charge is 2.08. The van der Waals surface area contributed by atoms with E-state index in [0.29, 0.717) is 17.1 Å². The molecule has 21 heavy (non-hydrogen) atoms. The first-order valence-electron chi connectivity index (χ1n) is 6.27. The highest BCUT2D eigenvalue weighted by Crippen LogP contribution is 2.25. The summed E-state index contributed by atoms with van der Waals surface area (Å²) in [5, 5.41) is 3.02. The molecule has 0 atom stereocenters. The molecule has 0 unspecified atom stereocenters. The molecule has 0 aliphatic heterocycles. The monoisotopic (exact) mass is 293 g/mol. The van der Waals surface area contributed by atoms with Crippen LogP contribution >= 0.6 is 0 Å². The predicted molar refractivity (Wildman–Crippen MR) is 77.2 cm³/mol. The van der Waals surface area contributed by atoms with E-state index in [4.69, 9.17) is 4.74 Å². The van der Waals surface area contributed by atoms with Crippen LogP contribution in [-0.4, -0.2) is 16.2 Å². The molecule has 0 bridgehead atoms. The fraction of sp³-hybridized carbons (Fsp3) is 0.286. The van der Waals surface area contributed by atoms with Crippen molar-refractivity contribution < 1.29 is 9.13 Å². The van der Waals surface area contributed by atoms with Crippen LogP contribution < -0.4 is 21.3 Å². The van der Waals surface area contributed by atoms with E-state index in [1.54, 1.807) is 7.05 Å². The molecule has 2 aromatic rings. The van der Waals surface area contributed by atoms with Gasteiger partial charge in [-0.05, 0) is 12.1 Å². The third-order valence-electron chi connectivity index (χ3n) is 3.25. The van der Waals surface area contributed by atoms with Crippen LogP contribution in [0.15, 0.2) is 33.9 Å². The van der Waals surface area contributed by atoms with Gasteiger partial charge in [0.1, 0.15) is 11.6 Å². The first-order valence-corrected chi connectivity index (χ1v) is 6.27. The SMILES string of the molecule is COc1cc(F)ccc1NCc1cc(=O)n(C)c(=O)n1C. The van der Waals surface area contributed by atoms with Crippen LogP contribution in [-0.2, 0) is 20.6 Å². The second kappa shape index (κ2) is 5.82. The number of anilines is 1. The number of ether oxygens (including phenoxy) is 1. The molecule has 1 N–H and O–H groups in total. The van der Waals surface area contributed by atoms with Gasteiger partial charge in [0, 0.05) is 31.9 Å². The van der Waals surface area contributed by atoms with E-state index < -0.39 is 11.5 Å². The first kappa shape index (κ1) is 14.8. The molecule has 7 heteroatoms. The second-order valence-electron chi connectivity index (χ2n) is 4.57. The lowest BCUT2D eigenvalue weighted by atomic mass is 10.2. The molecule has 6 nitrogen and oxygen atoms in total. The molecule has 0 aliphatic carbocycles. The lowest BCUT2D eigenvalue weighted by Gasteiger charge is -2.13. The molecule has 0 saturated heterocycles. The number of nitrogens with zero attached hydrogens (tertiary/aromatic N) is 2. The minimum atomic E-state index is -0.404. The lowest BCUT2D eigenvalue weighted by Crippen LogP contribution is -2.38. The maximum atomic E-state index is 13.1. The summed E-state index contributed by atoms with van der Waals surface area (Å²) in [6, 6.07) is 5.47. The molecule has 0 amide bonds. The Kier molecular flexibility index (Phi) is 4.11. The predicted octanol–water partition coefficient (Wildman–Crippen LogP) is 0.844. The van der Waals surface area contributed by atoms with Gasteiger partial charge in [0.05, 0.1) is 19.3 Å². The average molecular weight is 293 g/mol. The van der Waals surface area contributed by atoms with Crippen molar-refractivity contribution >= 4 is 5.69 Å². The van der Waals surface area contributed by atoms with E-state index in [2.05, 4.69) is 5.32 Å². The van der Waals surface area contributed by atoms with E-state index >= 15 is 0 Å². The number of rotatable bonds is 4. The Morgan fingerprint density at radius 1 is 1.19 bits per heavy atom. The molecule has 112 valence electrons. The highest BCUT2D eigenvalue weighted by atomic mass is 19.1. The van der Waals surface area contributed by atoms with Gasteiger partial charge in [0.2, 0.25) is 0 Å². The first-order chi connectivity index (χ1) is 9.93. The number of hydrogen-bond donors (Lipinski definition) is 1. The van der Waals surface area contributed by atoms with Gasteiger partial charge < -0.3 is 10.1 Å². The van der Waals surface area contributed by atoms with E-state index in [1.165, 1.54) is 43.0 Å². The van der Waals surface area contributed by atoms with Crippen molar-refractivity contribution in [1.29, 1.82) is 0 Å². The maximum Gasteiger partial charge on any atom is 0.330 e. The van der Waals surface area contributed by atoms with Crippen LogP contribution in [0.3, 0.4) is 0 Å². The van der Waals surface area contributed by atoms with E-state index in [-0.39, 0.29) is 12.1 Å². The van der Waals surface area contributed by atoms with Crippen LogP contribution in [0.1, 0.15) is 5.69 Å². The highest BCUT2D eigenvalue weighted by molar-refractivity contribution is 5.56. The molecule has 1 aromatic heterocycles. The number of hydrogen-bond acceptors (Lipinski definition) is 4. The summed E-state index contributed by atoms with van der Waals surface area (Å²) < 4.78 is 20.6. The van der Waals surface area contributed by atoms with Crippen molar-refractivity contribution in [1.82, 2.24) is 9.13 Å². The van der Waals surface area contributed by atoms with Crippen molar-refractivity contribution in [3.63, 3.8) is 0 Å². The number of methoxy groups -OCH3 is 1. The van der Waals surface area contributed by atoms with Gasteiger partial charge in [-0.1, -0.05) is 0 Å². The smallest absolute Gasteiger partial charge is 0.330 e. The summed E-state index contributed by atoms with van der Waals surface area (Å²) in [4.78, 5) is 23.5. The van der Waals surface area contributed by atoms with Gasteiger partial charge in [0.25, 0.3) is 5.56 Å². The topological polar surface area (TPSA) is 65.3 Å². The molecular formula is C14H16FN3O3. The van der Waals surface area contributed by atoms with Crippen molar-refractivity contribution in [2.45, 2.75) is 6.54 Å². The van der Waals surface area contributed by atoms with Crippen LogP contribution in [0.25, 0.3) is 0 Å². The lowest BCUT2D eigenvalue weighted by molar-refractivity contribution is 0.413. The van der Waals surface area contributed by atoms with Gasteiger partial charge in [-0.25, -0.2) is 9.18 Å². The average Bonchev–Trinajstić information content (AvgIpc) is 2.48. The minimum absolute atomic E-state index is 0.240. The van der Waals surface area contributed by atoms with Crippen molar-refractivity contribution in [2.75, 3.05) is 12.4 Å². The molecule has 0 fully saturated rings. The quantitative estimate of drug-likeness (QED) is 0.907. The van der Waals surface area contributed by atoms with E-state index in [0.717, 1.165) is 4.57 Å². The fourth-order valence-corrected chi connectivity index (χ4v) is 1.94. The normalized spacial score (nSPS) is 10.5.